The van der Waals surface area contributed by atoms with Crippen LogP contribution in [0.4, 0.5) is 0 Å². The van der Waals surface area contributed by atoms with E-state index in [0.717, 1.165) is 0 Å². The van der Waals surface area contributed by atoms with Gasteiger partial charge in [0.1, 0.15) is 0 Å². The first-order valence-electron chi connectivity index (χ1n) is 3.75. The molecule has 1 aliphatic carbocycles. The van der Waals surface area contributed by atoms with Crippen molar-refractivity contribution in [1.29, 1.82) is 0 Å². The summed E-state index contributed by atoms with van der Waals surface area (Å²) in [5.41, 5.74) is 6.15. The monoisotopic (exact) mass is 187 g/mol. The Morgan fingerprint density at radius 2 is 2.08 bits per heavy atom. The van der Waals surface area contributed by atoms with E-state index in [1.807, 2.05) is 6.92 Å². The van der Waals surface area contributed by atoms with Gasteiger partial charge in [-0.1, -0.05) is 19.1 Å². The molecule has 1 rings (SSSR count). The molecule has 0 heterocycles. The number of rotatable bonds is 1. The van der Waals surface area contributed by atoms with E-state index in [-0.39, 0.29) is 5.92 Å². The van der Waals surface area contributed by atoms with Gasteiger partial charge in [-0.3, -0.25) is 0 Å². The summed E-state index contributed by atoms with van der Waals surface area (Å²) < 4.78 is 22.4. The third-order valence-corrected chi connectivity index (χ3v) is 3.52. The SMILES string of the molecule is CC1C=C(N)C=CC1S(C)(=O)=O. The Bertz CT molecular complexity index is 327. The van der Waals surface area contributed by atoms with E-state index < -0.39 is 15.1 Å². The van der Waals surface area contributed by atoms with Crippen LogP contribution >= 0.6 is 0 Å². The number of hydrogen-bond acceptors (Lipinski definition) is 3. The lowest BCUT2D eigenvalue weighted by molar-refractivity contribution is 0.577. The highest BCUT2D eigenvalue weighted by Gasteiger charge is 2.25. The van der Waals surface area contributed by atoms with Gasteiger partial charge in [-0.25, -0.2) is 8.42 Å². The van der Waals surface area contributed by atoms with Gasteiger partial charge in [0, 0.05) is 12.0 Å². The molecule has 2 N–H and O–H groups in total. The van der Waals surface area contributed by atoms with Crippen LogP contribution in [0.5, 0.6) is 0 Å². The van der Waals surface area contributed by atoms with E-state index in [2.05, 4.69) is 0 Å². The van der Waals surface area contributed by atoms with E-state index in [1.165, 1.54) is 6.26 Å². The van der Waals surface area contributed by atoms with Crippen LogP contribution in [-0.4, -0.2) is 19.9 Å². The van der Waals surface area contributed by atoms with Crippen LogP contribution in [0.1, 0.15) is 6.92 Å². The molecular formula is C8H13NO2S. The standard InChI is InChI=1S/C8H13NO2S/c1-6-5-7(9)3-4-8(6)12(2,10)11/h3-6,8H,9H2,1-2H3. The van der Waals surface area contributed by atoms with Gasteiger partial charge in [-0.15, -0.1) is 0 Å². The summed E-state index contributed by atoms with van der Waals surface area (Å²) in [5.74, 6) is -0.0231. The number of sulfone groups is 1. The highest BCUT2D eigenvalue weighted by molar-refractivity contribution is 7.91. The summed E-state index contributed by atoms with van der Waals surface area (Å²) in [6.45, 7) is 1.85. The van der Waals surface area contributed by atoms with Gasteiger partial charge >= 0.3 is 0 Å². The van der Waals surface area contributed by atoms with Gasteiger partial charge < -0.3 is 5.73 Å². The van der Waals surface area contributed by atoms with Gasteiger partial charge in [0.05, 0.1) is 5.25 Å². The highest BCUT2D eigenvalue weighted by Crippen LogP contribution is 2.20. The molecule has 0 aromatic carbocycles. The maximum absolute atomic E-state index is 11.2. The molecule has 0 amide bonds. The minimum atomic E-state index is -2.99. The molecule has 3 nitrogen and oxygen atoms in total. The Hall–Kier alpha value is -0.770. The molecule has 1 aliphatic rings. The lowest BCUT2D eigenvalue weighted by Gasteiger charge is -2.19. The van der Waals surface area contributed by atoms with Gasteiger partial charge in [0.25, 0.3) is 0 Å². The fraction of sp³-hybridized carbons (Fsp3) is 0.500. The van der Waals surface area contributed by atoms with E-state index in [0.29, 0.717) is 5.70 Å². The summed E-state index contributed by atoms with van der Waals surface area (Å²) in [7, 11) is -2.99. The minimum Gasteiger partial charge on any atom is -0.399 e. The van der Waals surface area contributed by atoms with Gasteiger partial charge in [-0.05, 0) is 12.0 Å². The number of allylic oxidation sites excluding steroid dienone is 2. The van der Waals surface area contributed by atoms with Crippen molar-refractivity contribution in [1.82, 2.24) is 0 Å². The Morgan fingerprint density at radius 3 is 2.50 bits per heavy atom. The van der Waals surface area contributed by atoms with Gasteiger partial charge in [0.15, 0.2) is 9.84 Å². The van der Waals surface area contributed by atoms with Gasteiger partial charge in [-0.2, -0.15) is 0 Å². The maximum Gasteiger partial charge on any atom is 0.154 e. The predicted octanol–water partition coefficient (Wildman–Crippen LogP) is 0.448. The molecule has 0 spiro atoms. The largest absolute Gasteiger partial charge is 0.399 e. The van der Waals surface area contributed by atoms with Crippen LogP contribution in [0.3, 0.4) is 0 Å². The minimum absolute atomic E-state index is 0.0231. The fourth-order valence-electron chi connectivity index (χ4n) is 1.37. The quantitative estimate of drug-likeness (QED) is 0.648. The van der Waals surface area contributed by atoms with Crippen LogP contribution in [0.15, 0.2) is 23.9 Å². The molecule has 0 fully saturated rings. The Kier molecular flexibility index (Phi) is 2.28. The molecule has 0 aromatic rings. The zero-order valence-electron chi connectivity index (χ0n) is 7.19. The average Bonchev–Trinajstić information content (AvgIpc) is 1.83. The molecule has 68 valence electrons. The average molecular weight is 187 g/mol. The molecule has 4 heteroatoms. The lowest BCUT2D eigenvalue weighted by Crippen LogP contribution is -2.27. The zero-order valence-corrected chi connectivity index (χ0v) is 8.01. The first-order chi connectivity index (χ1) is 5.41. The van der Waals surface area contributed by atoms with Crippen molar-refractivity contribution >= 4 is 9.84 Å². The summed E-state index contributed by atoms with van der Waals surface area (Å²) in [6.07, 6.45) is 6.31. The molecule has 0 aliphatic heterocycles. The molecule has 0 bridgehead atoms. The first kappa shape index (κ1) is 9.32. The first-order valence-corrected chi connectivity index (χ1v) is 5.71. The van der Waals surface area contributed by atoms with Crippen molar-refractivity contribution in [2.24, 2.45) is 11.7 Å². The van der Waals surface area contributed by atoms with Crippen molar-refractivity contribution in [2.45, 2.75) is 12.2 Å². The van der Waals surface area contributed by atoms with Crippen LogP contribution in [0, 0.1) is 5.92 Å². The second-order valence-electron chi connectivity index (χ2n) is 3.18. The fourth-order valence-corrected chi connectivity index (χ4v) is 2.59. The van der Waals surface area contributed by atoms with E-state index >= 15 is 0 Å². The Balaban J connectivity index is 2.95. The van der Waals surface area contributed by atoms with E-state index in [4.69, 9.17) is 5.73 Å². The number of hydrogen-bond donors (Lipinski definition) is 1. The zero-order chi connectivity index (χ0) is 9.35. The van der Waals surface area contributed by atoms with Crippen LogP contribution in [0.2, 0.25) is 0 Å². The number of nitrogens with two attached hydrogens (primary N) is 1. The van der Waals surface area contributed by atoms with Crippen molar-refractivity contribution in [2.75, 3.05) is 6.26 Å². The molecule has 2 atom stereocenters. The maximum atomic E-state index is 11.2. The molecule has 0 saturated heterocycles. The third-order valence-electron chi connectivity index (χ3n) is 1.95. The van der Waals surface area contributed by atoms with Crippen molar-refractivity contribution < 1.29 is 8.42 Å². The Morgan fingerprint density at radius 1 is 1.50 bits per heavy atom. The summed E-state index contributed by atoms with van der Waals surface area (Å²) >= 11 is 0. The lowest BCUT2D eigenvalue weighted by atomic mass is 10.0. The van der Waals surface area contributed by atoms with Crippen LogP contribution < -0.4 is 5.73 Å². The summed E-state index contributed by atoms with van der Waals surface area (Å²) in [5, 5.41) is -0.412. The van der Waals surface area contributed by atoms with Crippen LogP contribution in [0.25, 0.3) is 0 Å². The Labute approximate surface area is 72.9 Å². The highest BCUT2D eigenvalue weighted by atomic mass is 32.2. The molecule has 2 unspecified atom stereocenters. The third kappa shape index (κ3) is 1.88. The van der Waals surface area contributed by atoms with E-state index in [1.54, 1.807) is 18.2 Å². The smallest absolute Gasteiger partial charge is 0.154 e. The topological polar surface area (TPSA) is 60.2 Å². The van der Waals surface area contributed by atoms with Crippen molar-refractivity contribution in [3.05, 3.63) is 23.9 Å². The second kappa shape index (κ2) is 2.94. The molecule has 0 aromatic heterocycles. The summed E-state index contributed by atoms with van der Waals surface area (Å²) in [4.78, 5) is 0. The second-order valence-corrected chi connectivity index (χ2v) is 5.38. The molecule has 12 heavy (non-hydrogen) atoms. The van der Waals surface area contributed by atoms with Crippen molar-refractivity contribution in [3.8, 4) is 0 Å². The van der Waals surface area contributed by atoms with Gasteiger partial charge in [0.2, 0.25) is 0 Å². The molecule has 0 radical (unpaired) electrons. The van der Waals surface area contributed by atoms with Crippen LogP contribution in [-0.2, 0) is 9.84 Å². The molecule has 0 saturated carbocycles. The van der Waals surface area contributed by atoms with E-state index in [9.17, 15) is 8.42 Å². The molecular weight excluding hydrogens is 174 g/mol. The predicted molar refractivity (Wildman–Crippen MR) is 49.2 cm³/mol. The summed E-state index contributed by atoms with van der Waals surface area (Å²) in [6, 6.07) is 0. The normalized spacial score (nSPS) is 30.0. The van der Waals surface area contributed by atoms with Crippen molar-refractivity contribution in [3.63, 3.8) is 0 Å².